The fourth-order valence-electron chi connectivity index (χ4n) is 0. The van der Waals surface area contributed by atoms with Crippen molar-refractivity contribution in [1.82, 2.24) is 0 Å². The van der Waals surface area contributed by atoms with Crippen LogP contribution in [0.1, 0.15) is 0 Å². The van der Waals surface area contributed by atoms with Crippen molar-refractivity contribution >= 4 is 19.8 Å². The van der Waals surface area contributed by atoms with Crippen LogP contribution in [0.5, 0.6) is 0 Å². The Kier molecular flexibility index (Phi) is 466. The summed E-state index contributed by atoms with van der Waals surface area (Å²) in [7, 11) is 0. The van der Waals surface area contributed by atoms with Crippen molar-refractivity contribution < 1.29 is 43.2 Å². The quantitative estimate of drug-likeness (QED) is 0.213. The maximum atomic E-state index is 0. The molecule has 0 fully saturated rings. The van der Waals surface area contributed by atoms with E-state index in [0.29, 0.717) is 0 Å². The van der Waals surface area contributed by atoms with Gasteiger partial charge in [-0.25, -0.2) is 0 Å². The molecule has 0 saturated heterocycles. The average molecular weight is 97.9 g/mol. The third kappa shape index (κ3) is 23.9. The summed E-state index contributed by atoms with van der Waals surface area (Å²) >= 11 is 0. The second-order valence-corrected chi connectivity index (χ2v) is 0. The fraction of sp³-hybridized carbons (Fsp3) is 0. The van der Waals surface area contributed by atoms with Crippen molar-refractivity contribution in [3.8, 4) is 0 Å². The van der Waals surface area contributed by atoms with Gasteiger partial charge in [-0.1, -0.05) is 0 Å². The summed E-state index contributed by atoms with van der Waals surface area (Å²) in [6.07, 6.45) is 0. The van der Waals surface area contributed by atoms with E-state index in [1.807, 2.05) is 0 Å². The molecule has 5 heteroatoms. The Morgan fingerprint density at radius 3 is 0.600 bits per heavy atom. The van der Waals surface area contributed by atoms with E-state index in [1.165, 1.54) is 0 Å². The Hall–Kier alpha value is 2.01. The van der Waals surface area contributed by atoms with Gasteiger partial charge in [0.1, 0.15) is 0 Å². The van der Waals surface area contributed by atoms with E-state index in [4.69, 9.17) is 0 Å². The molecule has 24 valence electrons. The van der Waals surface area contributed by atoms with Crippen LogP contribution in [0.15, 0.2) is 0 Å². The summed E-state index contributed by atoms with van der Waals surface area (Å²) in [5.41, 5.74) is 0. The maximum Gasteiger partial charge on any atom is 1.00 e. The Morgan fingerprint density at radius 1 is 0.600 bits per heavy atom. The number of hydrogen-bond donors (Lipinski definition) is 0. The molecule has 0 aromatic heterocycles. The summed E-state index contributed by atoms with van der Waals surface area (Å²) in [4.78, 5) is 0. The van der Waals surface area contributed by atoms with E-state index in [9.17, 15) is 0 Å². The molecule has 0 saturated carbocycles. The first-order chi connectivity index (χ1) is 0. The topological polar surface area (TPSA) is 28.5 Å². The van der Waals surface area contributed by atoms with Gasteiger partial charge in [-0.15, -0.1) is 0 Å². The standard InChI is InChI=1S/2Li.O.2H3P/h;;;2*1H3/q2*+1;-2;;. The second-order valence-electron chi connectivity index (χ2n) is 0. The minimum atomic E-state index is 0. The molecule has 0 spiro atoms. The van der Waals surface area contributed by atoms with E-state index < -0.39 is 0 Å². The van der Waals surface area contributed by atoms with Gasteiger partial charge in [0.15, 0.2) is 0 Å². The van der Waals surface area contributed by atoms with Crippen LogP contribution < -0.4 is 37.7 Å². The Morgan fingerprint density at radius 2 is 0.600 bits per heavy atom. The van der Waals surface area contributed by atoms with Crippen molar-refractivity contribution in [2.75, 3.05) is 0 Å². The third-order valence-corrected chi connectivity index (χ3v) is 0. The van der Waals surface area contributed by atoms with E-state index in [-0.39, 0.29) is 63.0 Å². The van der Waals surface area contributed by atoms with Crippen molar-refractivity contribution in [3.63, 3.8) is 0 Å². The van der Waals surface area contributed by atoms with Gasteiger partial charge in [0, 0.05) is 0 Å². The summed E-state index contributed by atoms with van der Waals surface area (Å²) in [6, 6.07) is 0. The predicted octanol–water partition coefficient (Wildman–Crippen LogP) is -5.99. The molecule has 0 aromatic rings. The molecule has 2 unspecified atom stereocenters. The molecule has 1 nitrogen and oxygen atoms in total. The minimum Gasteiger partial charge on any atom is -2.00 e. The van der Waals surface area contributed by atoms with Crippen LogP contribution in [0.4, 0.5) is 0 Å². The van der Waals surface area contributed by atoms with Crippen LogP contribution >= 0.6 is 19.8 Å². The first-order valence-electron chi connectivity index (χ1n) is 0. The van der Waals surface area contributed by atoms with Crippen LogP contribution in [0.25, 0.3) is 0 Å². The fourth-order valence-corrected chi connectivity index (χ4v) is 0. The summed E-state index contributed by atoms with van der Waals surface area (Å²) < 4.78 is 0. The van der Waals surface area contributed by atoms with Gasteiger partial charge >= 0.3 is 37.7 Å². The van der Waals surface area contributed by atoms with E-state index >= 15 is 0 Å². The van der Waals surface area contributed by atoms with Gasteiger partial charge in [0.2, 0.25) is 0 Å². The van der Waals surface area contributed by atoms with Crippen LogP contribution in [-0.4, -0.2) is 0 Å². The molecule has 0 aromatic carbocycles. The third-order valence-electron chi connectivity index (χ3n) is 0. The average Bonchev–Trinajstić information content (AvgIpc) is 0. The molecule has 0 rings (SSSR count). The Balaban J connectivity index is 0. The molecule has 0 N–H and O–H groups in total. The molecule has 0 aliphatic rings. The molecule has 0 heterocycles. The van der Waals surface area contributed by atoms with E-state index in [0.717, 1.165) is 0 Å². The molecule has 0 bridgehead atoms. The molecule has 5 heavy (non-hydrogen) atoms. The molecule has 0 aliphatic heterocycles. The normalized spacial score (nSPS) is 0. The van der Waals surface area contributed by atoms with Crippen molar-refractivity contribution in [3.05, 3.63) is 0 Å². The van der Waals surface area contributed by atoms with E-state index in [1.54, 1.807) is 0 Å². The largest absolute Gasteiger partial charge is 2.00 e. The smallest absolute Gasteiger partial charge is 1.00 e. The second kappa shape index (κ2) is 37.3. The Bertz CT molecular complexity index is 7.61. The van der Waals surface area contributed by atoms with Crippen molar-refractivity contribution in [2.45, 2.75) is 0 Å². The number of rotatable bonds is 0. The van der Waals surface area contributed by atoms with Crippen LogP contribution in [0.3, 0.4) is 0 Å². The van der Waals surface area contributed by atoms with Gasteiger partial charge in [-0.2, -0.15) is 19.8 Å². The van der Waals surface area contributed by atoms with Gasteiger partial charge < -0.3 is 5.48 Å². The molecule has 0 aliphatic carbocycles. The van der Waals surface area contributed by atoms with Gasteiger partial charge in [-0.3, -0.25) is 0 Å². The van der Waals surface area contributed by atoms with Crippen LogP contribution in [-0.2, 0) is 5.48 Å². The predicted molar refractivity (Wildman–Crippen MR) is 22.9 cm³/mol. The number of hydrogen-bond acceptors (Lipinski definition) is 0. The van der Waals surface area contributed by atoms with Gasteiger partial charge in [-0.05, 0) is 0 Å². The zero-order chi connectivity index (χ0) is 0. The molecular formula is H6Li2OP2. The first kappa shape index (κ1) is 62.5. The Labute approximate surface area is 62.9 Å². The molecule has 2 atom stereocenters. The first-order valence-corrected chi connectivity index (χ1v) is 0. The minimum absolute atomic E-state index is 0. The maximum absolute atomic E-state index is 0. The van der Waals surface area contributed by atoms with Gasteiger partial charge in [0.05, 0.1) is 0 Å². The monoisotopic (exact) mass is 98.0 g/mol. The van der Waals surface area contributed by atoms with Crippen LogP contribution in [0, 0.1) is 0 Å². The molecular weight excluding hydrogens is 91.8 g/mol. The zero-order valence-electron chi connectivity index (χ0n) is 3.82. The van der Waals surface area contributed by atoms with Crippen LogP contribution in [0.2, 0.25) is 0 Å². The van der Waals surface area contributed by atoms with Crippen molar-refractivity contribution in [1.29, 1.82) is 0 Å². The summed E-state index contributed by atoms with van der Waals surface area (Å²) in [5, 5.41) is 0. The molecule has 0 amide bonds. The summed E-state index contributed by atoms with van der Waals surface area (Å²) in [6.45, 7) is 0. The summed E-state index contributed by atoms with van der Waals surface area (Å²) in [5.74, 6) is 0. The van der Waals surface area contributed by atoms with Crippen molar-refractivity contribution in [2.24, 2.45) is 0 Å². The SMILES string of the molecule is P.P.[Li+].[Li+].[O-2]. The van der Waals surface area contributed by atoms with Gasteiger partial charge in [0.25, 0.3) is 0 Å². The molecule has 0 radical (unpaired) electrons. The zero-order valence-corrected chi connectivity index (χ0v) is 6.65. The van der Waals surface area contributed by atoms with E-state index in [2.05, 4.69) is 0 Å².